The van der Waals surface area contributed by atoms with Gasteiger partial charge in [0.2, 0.25) is 5.91 Å². The van der Waals surface area contributed by atoms with Gasteiger partial charge in [0.15, 0.2) is 6.10 Å². The van der Waals surface area contributed by atoms with E-state index in [1.165, 1.54) is 11.0 Å². The van der Waals surface area contributed by atoms with E-state index < -0.39 is 12.1 Å². The van der Waals surface area contributed by atoms with Crippen LogP contribution >= 0.6 is 23.2 Å². The highest BCUT2D eigenvalue weighted by Gasteiger charge is 2.27. The molecule has 1 atom stereocenters. The fourth-order valence-corrected chi connectivity index (χ4v) is 2.27. The molecule has 21 heavy (non-hydrogen) atoms. The van der Waals surface area contributed by atoms with Crippen LogP contribution in [0.15, 0.2) is 24.3 Å². The molecule has 0 aromatic heterocycles. The molecule has 112 valence electrons. The molecule has 0 spiro atoms. The number of morpholine rings is 1. The van der Waals surface area contributed by atoms with Gasteiger partial charge in [-0.1, -0.05) is 23.2 Å². The first kappa shape index (κ1) is 15.8. The van der Waals surface area contributed by atoms with E-state index in [0.717, 1.165) is 0 Å². The van der Waals surface area contributed by atoms with Gasteiger partial charge in [-0.05, 0) is 29.8 Å². The molecule has 1 N–H and O–H groups in total. The molecule has 2 rings (SSSR count). The summed E-state index contributed by atoms with van der Waals surface area (Å²) in [5.74, 6) is -1.37. The highest BCUT2D eigenvalue weighted by molar-refractivity contribution is 6.34. The monoisotopic (exact) mass is 329 g/mol. The number of amides is 1. The molecular formula is C14H13Cl2NO4. The van der Waals surface area contributed by atoms with Gasteiger partial charge in [-0.2, -0.15) is 0 Å². The molecule has 1 aliphatic rings. The molecule has 0 radical (unpaired) electrons. The van der Waals surface area contributed by atoms with Gasteiger partial charge in [0.1, 0.15) is 0 Å². The standard InChI is InChI=1S/C14H13Cl2NO4/c15-10-2-3-11(16)9(7-10)1-4-13(18)17-5-6-21-12(8-17)14(19)20/h1-4,7,12H,5-6,8H2,(H,19,20)/b4-1-/t12-/m1/s1. The smallest absolute Gasteiger partial charge is 0.334 e. The van der Waals surface area contributed by atoms with Gasteiger partial charge < -0.3 is 14.7 Å². The Bertz CT molecular complexity index is 588. The summed E-state index contributed by atoms with van der Waals surface area (Å²) in [5.41, 5.74) is 0.626. The predicted molar refractivity (Wildman–Crippen MR) is 79.5 cm³/mol. The van der Waals surface area contributed by atoms with Crippen molar-refractivity contribution in [2.45, 2.75) is 6.10 Å². The average molecular weight is 330 g/mol. The molecule has 1 fully saturated rings. The number of halogens is 2. The van der Waals surface area contributed by atoms with Crippen LogP contribution in [-0.2, 0) is 14.3 Å². The summed E-state index contributed by atoms with van der Waals surface area (Å²) in [4.78, 5) is 24.3. The molecule has 1 aromatic carbocycles. The lowest BCUT2D eigenvalue weighted by atomic mass is 10.2. The zero-order chi connectivity index (χ0) is 15.4. The van der Waals surface area contributed by atoms with Crippen molar-refractivity contribution in [3.63, 3.8) is 0 Å². The number of carboxylic acid groups (broad SMARTS) is 1. The van der Waals surface area contributed by atoms with Crippen LogP contribution in [0.25, 0.3) is 6.08 Å². The van der Waals surface area contributed by atoms with E-state index in [2.05, 4.69) is 0 Å². The second-order valence-electron chi connectivity index (χ2n) is 4.48. The fraction of sp³-hybridized carbons (Fsp3) is 0.286. The van der Waals surface area contributed by atoms with Crippen LogP contribution in [0.4, 0.5) is 0 Å². The molecule has 1 amide bonds. The number of hydrogen-bond acceptors (Lipinski definition) is 3. The summed E-state index contributed by atoms with van der Waals surface area (Å²) in [7, 11) is 0. The van der Waals surface area contributed by atoms with Crippen molar-refractivity contribution in [2.75, 3.05) is 19.7 Å². The highest BCUT2D eigenvalue weighted by atomic mass is 35.5. The van der Waals surface area contributed by atoms with Gasteiger partial charge in [0, 0.05) is 22.7 Å². The van der Waals surface area contributed by atoms with E-state index in [0.29, 0.717) is 22.2 Å². The molecule has 1 saturated heterocycles. The van der Waals surface area contributed by atoms with Crippen LogP contribution in [0, 0.1) is 0 Å². The van der Waals surface area contributed by atoms with Gasteiger partial charge in [-0.25, -0.2) is 4.79 Å². The van der Waals surface area contributed by atoms with Crippen LogP contribution in [-0.4, -0.2) is 47.7 Å². The van der Waals surface area contributed by atoms with Crippen LogP contribution < -0.4 is 0 Å². The van der Waals surface area contributed by atoms with Gasteiger partial charge in [0.25, 0.3) is 0 Å². The third-order valence-corrected chi connectivity index (χ3v) is 3.60. The van der Waals surface area contributed by atoms with E-state index in [1.54, 1.807) is 24.3 Å². The third kappa shape index (κ3) is 4.20. The number of carbonyl (C=O) groups is 2. The topological polar surface area (TPSA) is 66.8 Å². The Morgan fingerprint density at radius 2 is 2.14 bits per heavy atom. The number of carboxylic acids is 1. The van der Waals surface area contributed by atoms with Crippen molar-refractivity contribution in [3.8, 4) is 0 Å². The first-order valence-corrected chi connectivity index (χ1v) is 6.99. The second kappa shape index (κ2) is 6.93. The van der Waals surface area contributed by atoms with Crippen molar-refractivity contribution >= 4 is 41.2 Å². The first-order chi connectivity index (χ1) is 9.97. The average Bonchev–Trinajstić information content (AvgIpc) is 2.48. The molecule has 7 heteroatoms. The maximum atomic E-state index is 12.1. The van der Waals surface area contributed by atoms with Crippen molar-refractivity contribution in [1.29, 1.82) is 0 Å². The molecule has 0 saturated carbocycles. The van der Waals surface area contributed by atoms with Gasteiger partial charge in [-0.15, -0.1) is 0 Å². The van der Waals surface area contributed by atoms with Crippen molar-refractivity contribution in [2.24, 2.45) is 0 Å². The summed E-state index contributed by atoms with van der Waals surface area (Å²) in [6.07, 6.45) is 1.93. The lowest BCUT2D eigenvalue weighted by Crippen LogP contribution is -2.48. The van der Waals surface area contributed by atoms with E-state index >= 15 is 0 Å². The summed E-state index contributed by atoms with van der Waals surface area (Å²) >= 11 is 11.9. The largest absolute Gasteiger partial charge is 0.479 e. The molecule has 0 unspecified atom stereocenters. The highest BCUT2D eigenvalue weighted by Crippen LogP contribution is 2.21. The fourth-order valence-electron chi connectivity index (χ4n) is 1.91. The van der Waals surface area contributed by atoms with E-state index in [-0.39, 0.29) is 19.1 Å². The number of benzene rings is 1. The molecule has 1 aromatic rings. The normalized spacial score (nSPS) is 19.0. The number of ether oxygens (including phenoxy) is 1. The second-order valence-corrected chi connectivity index (χ2v) is 5.32. The Kier molecular flexibility index (Phi) is 5.22. The third-order valence-electron chi connectivity index (χ3n) is 3.02. The Morgan fingerprint density at radius 1 is 1.38 bits per heavy atom. The summed E-state index contributed by atoms with van der Waals surface area (Å²) < 4.78 is 5.06. The van der Waals surface area contributed by atoms with Gasteiger partial charge in [0.05, 0.1) is 13.2 Å². The Hall–Kier alpha value is -1.56. The maximum Gasteiger partial charge on any atom is 0.334 e. The van der Waals surface area contributed by atoms with E-state index in [9.17, 15) is 9.59 Å². The number of hydrogen-bond donors (Lipinski definition) is 1. The first-order valence-electron chi connectivity index (χ1n) is 6.24. The minimum Gasteiger partial charge on any atom is -0.479 e. The molecule has 0 bridgehead atoms. The minimum absolute atomic E-state index is 0.0295. The van der Waals surface area contributed by atoms with E-state index in [1.807, 2.05) is 0 Å². The molecule has 5 nitrogen and oxygen atoms in total. The van der Waals surface area contributed by atoms with Crippen LogP contribution in [0.1, 0.15) is 5.56 Å². The van der Waals surface area contributed by atoms with Crippen LogP contribution in [0.2, 0.25) is 10.0 Å². The van der Waals surface area contributed by atoms with Crippen molar-refractivity contribution in [3.05, 3.63) is 39.9 Å². The number of aliphatic carboxylic acids is 1. The molecule has 1 aliphatic heterocycles. The zero-order valence-corrected chi connectivity index (χ0v) is 12.5. The minimum atomic E-state index is -1.07. The van der Waals surface area contributed by atoms with Crippen LogP contribution in [0.3, 0.4) is 0 Å². The summed E-state index contributed by atoms with van der Waals surface area (Å²) in [5, 5.41) is 9.90. The maximum absolute atomic E-state index is 12.1. The molecule has 1 heterocycles. The van der Waals surface area contributed by atoms with Gasteiger partial charge in [-0.3, -0.25) is 4.79 Å². The molecule has 0 aliphatic carbocycles. The molecular weight excluding hydrogens is 317 g/mol. The SMILES string of the molecule is O=C(O)[C@H]1CN(C(=O)/C=C\c2cc(Cl)ccc2Cl)CCO1. The zero-order valence-electron chi connectivity index (χ0n) is 11.0. The number of nitrogens with zero attached hydrogens (tertiary/aromatic N) is 1. The van der Waals surface area contributed by atoms with E-state index in [4.69, 9.17) is 33.0 Å². The Labute approximate surface area is 131 Å². The van der Waals surface area contributed by atoms with Crippen molar-refractivity contribution < 1.29 is 19.4 Å². The van der Waals surface area contributed by atoms with Gasteiger partial charge >= 0.3 is 5.97 Å². The Morgan fingerprint density at radius 3 is 2.86 bits per heavy atom. The summed E-state index contributed by atoms with van der Waals surface area (Å²) in [6, 6.07) is 4.94. The van der Waals surface area contributed by atoms with Crippen molar-refractivity contribution in [1.82, 2.24) is 4.90 Å². The lowest BCUT2D eigenvalue weighted by Gasteiger charge is -2.30. The number of carbonyl (C=O) groups excluding carboxylic acids is 1. The Balaban J connectivity index is 2.05. The van der Waals surface area contributed by atoms with Crippen LogP contribution in [0.5, 0.6) is 0 Å². The predicted octanol–water partition coefficient (Wildman–Crippen LogP) is 2.32. The summed E-state index contributed by atoms with van der Waals surface area (Å²) in [6.45, 7) is 0.590. The quantitative estimate of drug-likeness (QED) is 0.864. The number of rotatable bonds is 3. The lowest BCUT2D eigenvalue weighted by molar-refractivity contribution is -0.158.